The summed E-state index contributed by atoms with van der Waals surface area (Å²) in [5.41, 5.74) is 1.01. The maximum atomic E-state index is 4.55. The molecule has 0 aromatic carbocycles. The lowest BCUT2D eigenvalue weighted by Gasteiger charge is -2.36. The van der Waals surface area contributed by atoms with E-state index in [9.17, 15) is 0 Å². The lowest BCUT2D eigenvalue weighted by Crippen LogP contribution is -2.47. The van der Waals surface area contributed by atoms with Gasteiger partial charge in [0.25, 0.3) is 0 Å². The molecule has 0 atom stereocenters. The zero-order chi connectivity index (χ0) is 13.8. The van der Waals surface area contributed by atoms with E-state index in [-0.39, 0.29) is 0 Å². The monoisotopic (exact) mass is 263 g/mol. The second kappa shape index (κ2) is 6.19. The molecule has 2 rings (SSSR count). The first-order valence-electron chi connectivity index (χ1n) is 7.09. The van der Waals surface area contributed by atoms with Crippen LogP contribution in [0.3, 0.4) is 0 Å². The van der Waals surface area contributed by atoms with Crippen LogP contribution in [0.15, 0.2) is 6.07 Å². The standard InChI is InChI=1S/C14H25N5/c1-11(2)10-18-5-7-19(8-6-18)13-9-12(3)16-14(15-4)17-13/h9,11H,5-8,10H2,1-4H3,(H,15,16,17). The van der Waals surface area contributed by atoms with E-state index in [1.165, 1.54) is 6.54 Å². The fourth-order valence-electron chi connectivity index (χ4n) is 2.50. The van der Waals surface area contributed by atoms with E-state index in [2.05, 4.69) is 45.0 Å². The van der Waals surface area contributed by atoms with Gasteiger partial charge in [-0.25, -0.2) is 4.98 Å². The zero-order valence-electron chi connectivity index (χ0n) is 12.5. The minimum atomic E-state index is 0.708. The van der Waals surface area contributed by atoms with E-state index in [1.54, 1.807) is 0 Å². The van der Waals surface area contributed by atoms with Crippen LogP contribution in [-0.2, 0) is 0 Å². The average molecular weight is 263 g/mol. The molecule has 1 saturated heterocycles. The summed E-state index contributed by atoms with van der Waals surface area (Å²) in [5, 5.41) is 3.02. The number of piperazine rings is 1. The lowest BCUT2D eigenvalue weighted by atomic mass is 10.2. The molecule has 5 nitrogen and oxygen atoms in total. The summed E-state index contributed by atoms with van der Waals surface area (Å²) < 4.78 is 0. The van der Waals surface area contributed by atoms with Crippen LogP contribution in [0.25, 0.3) is 0 Å². The molecule has 5 heteroatoms. The molecular weight excluding hydrogens is 238 g/mol. The molecule has 2 heterocycles. The third-order valence-electron chi connectivity index (χ3n) is 3.38. The Bertz CT molecular complexity index is 410. The van der Waals surface area contributed by atoms with Gasteiger partial charge in [-0.2, -0.15) is 4.98 Å². The van der Waals surface area contributed by atoms with Crippen molar-refractivity contribution in [2.75, 3.05) is 50.0 Å². The molecule has 0 spiro atoms. The Kier molecular flexibility index (Phi) is 4.58. The molecule has 0 unspecified atom stereocenters. The van der Waals surface area contributed by atoms with Crippen molar-refractivity contribution in [3.63, 3.8) is 0 Å². The maximum absolute atomic E-state index is 4.55. The van der Waals surface area contributed by atoms with E-state index < -0.39 is 0 Å². The van der Waals surface area contributed by atoms with E-state index in [4.69, 9.17) is 0 Å². The number of hydrogen-bond donors (Lipinski definition) is 1. The smallest absolute Gasteiger partial charge is 0.224 e. The number of hydrogen-bond acceptors (Lipinski definition) is 5. The quantitative estimate of drug-likeness (QED) is 0.894. The Balaban J connectivity index is 1.99. The lowest BCUT2D eigenvalue weighted by molar-refractivity contribution is 0.231. The molecule has 0 bridgehead atoms. The summed E-state index contributed by atoms with van der Waals surface area (Å²) >= 11 is 0. The Hall–Kier alpha value is -1.36. The number of aromatic nitrogens is 2. The minimum Gasteiger partial charge on any atom is -0.357 e. The highest BCUT2D eigenvalue weighted by Gasteiger charge is 2.19. The van der Waals surface area contributed by atoms with Crippen molar-refractivity contribution in [3.05, 3.63) is 11.8 Å². The molecule has 0 amide bonds. The van der Waals surface area contributed by atoms with Gasteiger partial charge >= 0.3 is 0 Å². The summed E-state index contributed by atoms with van der Waals surface area (Å²) in [6.07, 6.45) is 0. The Labute approximate surface area is 116 Å². The maximum Gasteiger partial charge on any atom is 0.224 e. The highest BCUT2D eigenvalue weighted by Crippen LogP contribution is 2.17. The van der Waals surface area contributed by atoms with E-state index >= 15 is 0 Å². The number of nitrogens with one attached hydrogen (secondary N) is 1. The molecule has 1 aliphatic heterocycles. The predicted octanol–water partition coefficient (Wildman–Crippen LogP) is 1.60. The van der Waals surface area contributed by atoms with Gasteiger partial charge in [0.15, 0.2) is 0 Å². The second-order valence-corrected chi connectivity index (χ2v) is 5.62. The van der Waals surface area contributed by atoms with Crippen LogP contribution in [0, 0.1) is 12.8 Å². The number of nitrogens with zero attached hydrogens (tertiary/aromatic N) is 4. The third kappa shape index (κ3) is 3.80. The van der Waals surface area contributed by atoms with Gasteiger partial charge in [-0.05, 0) is 12.8 Å². The normalized spacial score (nSPS) is 17.0. The van der Waals surface area contributed by atoms with Gasteiger partial charge in [-0.3, -0.25) is 4.90 Å². The Morgan fingerprint density at radius 2 is 1.89 bits per heavy atom. The Morgan fingerprint density at radius 1 is 1.21 bits per heavy atom. The SMILES string of the molecule is CNc1nc(C)cc(N2CCN(CC(C)C)CC2)n1. The van der Waals surface area contributed by atoms with Gasteiger partial charge in [-0.1, -0.05) is 13.8 Å². The number of anilines is 2. The fraction of sp³-hybridized carbons (Fsp3) is 0.714. The van der Waals surface area contributed by atoms with E-state index in [0.717, 1.165) is 43.6 Å². The first-order chi connectivity index (χ1) is 9.08. The first kappa shape index (κ1) is 14.1. The average Bonchev–Trinajstić information content (AvgIpc) is 2.38. The second-order valence-electron chi connectivity index (χ2n) is 5.62. The van der Waals surface area contributed by atoms with Crippen molar-refractivity contribution in [2.24, 2.45) is 5.92 Å². The van der Waals surface area contributed by atoms with Crippen LogP contribution >= 0.6 is 0 Å². The van der Waals surface area contributed by atoms with E-state index in [1.807, 2.05) is 14.0 Å². The van der Waals surface area contributed by atoms with Crippen molar-refractivity contribution < 1.29 is 0 Å². The van der Waals surface area contributed by atoms with Crippen LogP contribution in [0.2, 0.25) is 0 Å². The highest BCUT2D eigenvalue weighted by atomic mass is 15.3. The molecule has 106 valence electrons. The van der Waals surface area contributed by atoms with Gasteiger partial charge in [0.05, 0.1) is 0 Å². The summed E-state index contributed by atoms with van der Waals surface area (Å²) in [6, 6.07) is 2.07. The number of rotatable bonds is 4. The molecule has 19 heavy (non-hydrogen) atoms. The Morgan fingerprint density at radius 3 is 2.47 bits per heavy atom. The van der Waals surface area contributed by atoms with Gasteiger partial charge in [0, 0.05) is 51.5 Å². The number of aryl methyl sites for hydroxylation is 1. The van der Waals surface area contributed by atoms with Crippen LogP contribution in [0.1, 0.15) is 19.5 Å². The molecule has 0 aliphatic carbocycles. The molecule has 0 saturated carbocycles. The fourth-order valence-corrected chi connectivity index (χ4v) is 2.50. The third-order valence-corrected chi connectivity index (χ3v) is 3.38. The summed E-state index contributed by atoms with van der Waals surface area (Å²) in [7, 11) is 1.86. The van der Waals surface area contributed by atoms with Gasteiger partial charge in [-0.15, -0.1) is 0 Å². The first-order valence-corrected chi connectivity index (χ1v) is 7.09. The molecular formula is C14H25N5. The van der Waals surface area contributed by atoms with Crippen molar-refractivity contribution in [3.8, 4) is 0 Å². The highest BCUT2D eigenvalue weighted by molar-refractivity contribution is 5.45. The zero-order valence-corrected chi connectivity index (χ0v) is 12.5. The molecule has 1 aromatic rings. The predicted molar refractivity (Wildman–Crippen MR) is 79.8 cm³/mol. The largest absolute Gasteiger partial charge is 0.357 e. The van der Waals surface area contributed by atoms with Crippen LogP contribution in [0.5, 0.6) is 0 Å². The topological polar surface area (TPSA) is 44.3 Å². The van der Waals surface area contributed by atoms with Gasteiger partial charge < -0.3 is 10.2 Å². The van der Waals surface area contributed by atoms with Crippen molar-refractivity contribution in [2.45, 2.75) is 20.8 Å². The van der Waals surface area contributed by atoms with Gasteiger partial charge in [0.1, 0.15) is 5.82 Å². The van der Waals surface area contributed by atoms with Crippen LogP contribution < -0.4 is 10.2 Å². The van der Waals surface area contributed by atoms with E-state index in [0.29, 0.717) is 5.95 Å². The van der Waals surface area contributed by atoms with Crippen molar-refractivity contribution in [1.82, 2.24) is 14.9 Å². The molecule has 1 fully saturated rings. The summed E-state index contributed by atoms with van der Waals surface area (Å²) in [5.74, 6) is 2.49. The molecule has 1 aliphatic rings. The van der Waals surface area contributed by atoms with Crippen molar-refractivity contribution >= 4 is 11.8 Å². The summed E-state index contributed by atoms with van der Waals surface area (Å²) in [4.78, 5) is 13.8. The van der Waals surface area contributed by atoms with Crippen LogP contribution in [0.4, 0.5) is 11.8 Å². The van der Waals surface area contributed by atoms with Crippen molar-refractivity contribution in [1.29, 1.82) is 0 Å². The van der Waals surface area contributed by atoms with Crippen LogP contribution in [-0.4, -0.2) is 54.6 Å². The summed E-state index contributed by atoms with van der Waals surface area (Å²) in [6.45, 7) is 12.1. The molecule has 1 aromatic heterocycles. The van der Waals surface area contributed by atoms with Gasteiger partial charge in [0.2, 0.25) is 5.95 Å². The molecule has 0 radical (unpaired) electrons. The minimum absolute atomic E-state index is 0.708. The molecule has 1 N–H and O–H groups in total.